The summed E-state index contributed by atoms with van der Waals surface area (Å²) in [5.74, 6) is -0.771. The van der Waals surface area contributed by atoms with Crippen molar-refractivity contribution in [1.29, 1.82) is 0 Å². The second-order valence-electron chi connectivity index (χ2n) is 3.74. The maximum absolute atomic E-state index is 10.5. The molecule has 0 aliphatic heterocycles. The molecule has 0 aromatic heterocycles. The van der Waals surface area contributed by atoms with Crippen molar-refractivity contribution in [1.82, 2.24) is 0 Å². The van der Waals surface area contributed by atoms with Crippen LogP contribution >= 0.6 is 12.4 Å². The highest BCUT2D eigenvalue weighted by Crippen LogP contribution is 2.19. The van der Waals surface area contributed by atoms with Crippen molar-refractivity contribution in [3.63, 3.8) is 0 Å². The van der Waals surface area contributed by atoms with Crippen LogP contribution in [0.1, 0.15) is 20.8 Å². The molecule has 1 amide bonds. The lowest BCUT2D eigenvalue weighted by molar-refractivity contribution is -0.128. The Bertz CT molecular complexity index is 156. The number of primary amides is 1. The smallest absolute Gasteiger partial charge is 0.247 e. The molecule has 0 fully saturated rings. The molecule has 12 heavy (non-hydrogen) atoms. The average Bonchev–Trinajstić information content (AvgIpc) is 1.82. The minimum Gasteiger partial charge on any atom is -0.382 e. The zero-order valence-electron chi connectivity index (χ0n) is 7.57. The van der Waals surface area contributed by atoms with Crippen LogP contribution in [0.2, 0.25) is 0 Å². The number of carbonyl (C=O) groups excluding carboxylic acids is 1. The summed E-state index contributed by atoms with van der Waals surface area (Å²) in [5, 5.41) is 9.13. The first kappa shape index (κ1) is 14.2. The topological polar surface area (TPSA) is 89.3 Å². The van der Waals surface area contributed by atoms with Crippen LogP contribution in [0, 0.1) is 5.41 Å². The predicted molar refractivity (Wildman–Crippen MR) is 49.9 cm³/mol. The van der Waals surface area contributed by atoms with Gasteiger partial charge in [0.15, 0.2) is 0 Å². The van der Waals surface area contributed by atoms with Gasteiger partial charge in [-0.1, -0.05) is 20.8 Å². The van der Waals surface area contributed by atoms with Crippen molar-refractivity contribution in [3.8, 4) is 0 Å². The monoisotopic (exact) mass is 196 g/mol. The minimum atomic E-state index is -1.25. The van der Waals surface area contributed by atoms with Crippen molar-refractivity contribution in [2.45, 2.75) is 32.9 Å². The lowest BCUT2D eigenvalue weighted by Gasteiger charge is -2.29. The summed E-state index contributed by atoms with van der Waals surface area (Å²) >= 11 is 0. The van der Waals surface area contributed by atoms with Gasteiger partial charge in [-0.3, -0.25) is 4.79 Å². The van der Waals surface area contributed by atoms with Gasteiger partial charge in [0, 0.05) is 6.04 Å². The van der Waals surface area contributed by atoms with E-state index in [9.17, 15) is 4.79 Å². The Balaban J connectivity index is 0. The van der Waals surface area contributed by atoms with Gasteiger partial charge in [0.1, 0.15) is 6.10 Å². The maximum atomic E-state index is 10.5. The number of hydrogen-bond acceptors (Lipinski definition) is 3. The molecule has 0 aromatic carbocycles. The van der Waals surface area contributed by atoms with E-state index >= 15 is 0 Å². The van der Waals surface area contributed by atoms with Crippen LogP contribution in [0.25, 0.3) is 0 Å². The molecule has 0 aliphatic rings. The Morgan fingerprint density at radius 1 is 1.42 bits per heavy atom. The first-order chi connectivity index (χ1) is 4.76. The molecule has 74 valence electrons. The van der Waals surface area contributed by atoms with Gasteiger partial charge < -0.3 is 16.6 Å². The van der Waals surface area contributed by atoms with Gasteiger partial charge >= 0.3 is 0 Å². The first-order valence-electron chi connectivity index (χ1n) is 3.50. The standard InChI is InChI=1S/C7H16N2O2.ClH/c1-7(2,3)5(8)4(10)6(9)11;/h4-5,10H,8H2,1-3H3,(H2,9,11);1H. The summed E-state index contributed by atoms with van der Waals surface area (Å²) in [6.45, 7) is 5.51. The number of hydrogen-bond donors (Lipinski definition) is 3. The average molecular weight is 197 g/mol. The van der Waals surface area contributed by atoms with Crippen LogP contribution in [0.5, 0.6) is 0 Å². The number of aliphatic hydroxyl groups excluding tert-OH is 1. The van der Waals surface area contributed by atoms with Crippen LogP contribution < -0.4 is 11.5 Å². The van der Waals surface area contributed by atoms with Crippen LogP contribution in [0.4, 0.5) is 0 Å². The van der Waals surface area contributed by atoms with Gasteiger partial charge in [-0.05, 0) is 5.41 Å². The lowest BCUT2D eigenvalue weighted by atomic mass is 9.84. The normalized spacial score (nSPS) is 16.1. The Kier molecular flexibility index (Phi) is 5.50. The van der Waals surface area contributed by atoms with E-state index < -0.39 is 18.1 Å². The number of amides is 1. The number of carbonyl (C=O) groups is 1. The summed E-state index contributed by atoms with van der Waals surface area (Å²) in [6.07, 6.45) is -1.25. The molecule has 2 atom stereocenters. The van der Waals surface area contributed by atoms with E-state index in [1.54, 1.807) is 0 Å². The third-order valence-corrected chi connectivity index (χ3v) is 1.63. The summed E-state index contributed by atoms with van der Waals surface area (Å²) in [7, 11) is 0. The van der Waals surface area contributed by atoms with E-state index in [2.05, 4.69) is 0 Å². The van der Waals surface area contributed by atoms with E-state index in [0.717, 1.165) is 0 Å². The Morgan fingerprint density at radius 2 is 1.75 bits per heavy atom. The van der Waals surface area contributed by atoms with E-state index in [4.69, 9.17) is 16.6 Å². The zero-order valence-corrected chi connectivity index (χ0v) is 8.39. The highest BCUT2D eigenvalue weighted by Gasteiger charge is 2.30. The highest BCUT2D eigenvalue weighted by molar-refractivity contribution is 5.85. The zero-order chi connectivity index (χ0) is 9.23. The molecule has 0 radical (unpaired) electrons. The summed E-state index contributed by atoms with van der Waals surface area (Å²) in [4.78, 5) is 10.5. The highest BCUT2D eigenvalue weighted by atomic mass is 35.5. The van der Waals surface area contributed by atoms with Crippen molar-refractivity contribution in [2.75, 3.05) is 0 Å². The Labute approximate surface area is 78.7 Å². The van der Waals surface area contributed by atoms with E-state index in [-0.39, 0.29) is 17.8 Å². The van der Waals surface area contributed by atoms with E-state index in [1.807, 2.05) is 20.8 Å². The van der Waals surface area contributed by atoms with Crippen LogP contribution in [0.15, 0.2) is 0 Å². The lowest BCUT2D eigenvalue weighted by Crippen LogP contribution is -2.51. The third-order valence-electron chi connectivity index (χ3n) is 1.63. The van der Waals surface area contributed by atoms with Gasteiger partial charge in [-0.15, -0.1) is 12.4 Å². The van der Waals surface area contributed by atoms with Crippen molar-refractivity contribution in [3.05, 3.63) is 0 Å². The van der Waals surface area contributed by atoms with Crippen LogP contribution in [-0.2, 0) is 4.79 Å². The number of aliphatic hydroxyl groups is 1. The summed E-state index contributed by atoms with van der Waals surface area (Å²) in [6, 6.07) is -0.611. The van der Waals surface area contributed by atoms with E-state index in [1.165, 1.54) is 0 Å². The van der Waals surface area contributed by atoms with Gasteiger partial charge in [0.2, 0.25) is 5.91 Å². The van der Waals surface area contributed by atoms with Crippen molar-refractivity contribution >= 4 is 18.3 Å². The molecule has 2 unspecified atom stereocenters. The largest absolute Gasteiger partial charge is 0.382 e. The molecule has 0 rings (SSSR count). The second kappa shape index (κ2) is 4.64. The third kappa shape index (κ3) is 3.90. The predicted octanol–water partition coefficient (Wildman–Crippen LogP) is -0.372. The molecule has 0 bridgehead atoms. The molecule has 0 saturated heterocycles. The van der Waals surface area contributed by atoms with Gasteiger partial charge in [0.05, 0.1) is 0 Å². The maximum Gasteiger partial charge on any atom is 0.247 e. The molecule has 0 spiro atoms. The SMILES string of the molecule is CC(C)(C)C(N)C(O)C(N)=O.Cl. The molecular formula is C7H17ClN2O2. The molecule has 0 aromatic rings. The van der Waals surface area contributed by atoms with Crippen molar-refractivity contribution < 1.29 is 9.90 Å². The Morgan fingerprint density at radius 3 is 1.83 bits per heavy atom. The van der Waals surface area contributed by atoms with E-state index in [0.29, 0.717) is 0 Å². The minimum absolute atomic E-state index is 0. The van der Waals surface area contributed by atoms with Gasteiger partial charge in [0.25, 0.3) is 0 Å². The number of nitrogens with two attached hydrogens (primary N) is 2. The summed E-state index contributed by atoms with van der Waals surface area (Å²) in [5.41, 5.74) is 10.1. The fraction of sp³-hybridized carbons (Fsp3) is 0.857. The van der Waals surface area contributed by atoms with Gasteiger partial charge in [-0.25, -0.2) is 0 Å². The quantitative estimate of drug-likeness (QED) is 0.563. The molecule has 4 nitrogen and oxygen atoms in total. The molecule has 0 heterocycles. The molecule has 5 N–H and O–H groups in total. The number of rotatable bonds is 2. The molecule has 0 aliphatic carbocycles. The van der Waals surface area contributed by atoms with Crippen LogP contribution in [0.3, 0.4) is 0 Å². The molecular weight excluding hydrogens is 180 g/mol. The number of halogens is 1. The fourth-order valence-corrected chi connectivity index (χ4v) is 0.651. The van der Waals surface area contributed by atoms with Crippen LogP contribution in [-0.4, -0.2) is 23.2 Å². The van der Waals surface area contributed by atoms with Crippen molar-refractivity contribution in [2.24, 2.45) is 16.9 Å². The first-order valence-corrected chi connectivity index (χ1v) is 3.50. The molecule has 5 heteroatoms. The second-order valence-corrected chi connectivity index (χ2v) is 3.74. The summed E-state index contributed by atoms with van der Waals surface area (Å²) < 4.78 is 0. The Hall–Kier alpha value is -0.320. The van der Waals surface area contributed by atoms with Gasteiger partial charge in [-0.2, -0.15) is 0 Å². The molecule has 0 saturated carbocycles. The fourth-order valence-electron chi connectivity index (χ4n) is 0.651.